The van der Waals surface area contributed by atoms with Crippen LogP contribution in [0.4, 0.5) is 0 Å². The molecule has 0 N–H and O–H groups in total. The fourth-order valence-corrected chi connectivity index (χ4v) is 3.15. The summed E-state index contributed by atoms with van der Waals surface area (Å²) in [7, 11) is 0. The van der Waals surface area contributed by atoms with E-state index in [1.54, 1.807) is 0 Å². The Bertz CT molecular complexity index is 614. The molecule has 2 heterocycles. The minimum Gasteiger partial charge on any atom is -0.473 e. The van der Waals surface area contributed by atoms with Gasteiger partial charge in [0.25, 0.3) is 0 Å². The van der Waals surface area contributed by atoms with Gasteiger partial charge < -0.3 is 4.74 Å². The number of hydrogen-bond donors (Lipinski definition) is 0. The SMILES string of the molecule is CC(C)N1CC[C@@H](Oc2ccc3cc(I)ccc3n2)C1. The van der Waals surface area contributed by atoms with E-state index in [4.69, 9.17) is 4.74 Å². The lowest BCUT2D eigenvalue weighted by atomic mass is 10.2. The predicted molar refractivity (Wildman–Crippen MR) is 90.2 cm³/mol. The van der Waals surface area contributed by atoms with Crippen molar-refractivity contribution >= 4 is 33.5 Å². The fourth-order valence-electron chi connectivity index (χ4n) is 2.63. The molecule has 0 saturated carbocycles. The smallest absolute Gasteiger partial charge is 0.214 e. The lowest BCUT2D eigenvalue weighted by Crippen LogP contribution is -2.30. The van der Waals surface area contributed by atoms with Crippen LogP contribution in [0.3, 0.4) is 0 Å². The first-order valence-corrected chi connectivity index (χ1v) is 8.17. The summed E-state index contributed by atoms with van der Waals surface area (Å²) < 4.78 is 7.27. The molecule has 106 valence electrons. The molecule has 0 unspecified atom stereocenters. The van der Waals surface area contributed by atoms with Crippen molar-refractivity contribution < 1.29 is 4.74 Å². The van der Waals surface area contributed by atoms with Crippen LogP contribution in [0, 0.1) is 3.57 Å². The van der Waals surface area contributed by atoms with E-state index >= 15 is 0 Å². The van der Waals surface area contributed by atoms with E-state index in [0.717, 1.165) is 30.9 Å². The number of ether oxygens (including phenoxy) is 1. The highest BCUT2D eigenvalue weighted by Gasteiger charge is 2.25. The molecule has 20 heavy (non-hydrogen) atoms. The van der Waals surface area contributed by atoms with Gasteiger partial charge in [-0.3, -0.25) is 4.90 Å². The van der Waals surface area contributed by atoms with Gasteiger partial charge in [-0.2, -0.15) is 0 Å². The van der Waals surface area contributed by atoms with Crippen LogP contribution in [0.15, 0.2) is 30.3 Å². The van der Waals surface area contributed by atoms with E-state index in [1.165, 1.54) is 8.96 Å². The van der Waals surface area contributed by atoms with E-state index in [0.29, 0.717) is 6.04 Å². The zero-order chi connectivity index (χ0) is 14.1. The molecule has 0 radical (unpaired) electrons. The number of fused-ring (bicyclic) bond motifs is 1. The topological polar surface area (TPSA) is 25.4 Å². The Hall–Kier alpha value is -0.880. The molecule has 3 rings (SSSR count). The Morgan fingerprint density at radius 1 is 1.30 bits per heavy atom. The highest BCUT2D eigenvalue weighted by molar-refractivity contribution is 14.1. The van der Waals surface area contributed by atoms with Gasteiger partial charge in [0.15, 0.2) is 0 Å². The van der Waals surface area contributed by atoms with Crippen molar-refractivity contribution in [2.24, 2.45) is 0 Å². The van der Waals surface area contributed by atoms with Gasteiger partial charge in [0.05, 0.1) is 5.52 Å². The van der Waals surface area contributed by atoms with Crippen LogP contribution >= 0.6 is 22.6 Å². The van der Waals surface area contributed by atoms with Crippen molar-refractivity contribution in [1.29, 1.82) is 0 Å². The zero-order valence-electron chi connectivity index (χ0n) is 11.8. The number of rotatable bonds is 3. The van der Waals surface area contributed by atoms with Crippen molar-refractivity contribution in [3.8, 4) is 5.88 Å². The number of pyridine rings is 1. The second kappa shape index (κ2) is 5.85. The first kappa shape index (κ1) is 14.1. The van der Waals surface area contributed by atoms with E-state index in [2.05, 4.69) is 70.6 Å². The number of likely N-dealkylation sites (tertiary alicyclic amines) is 1. The van der Waals surface area contributed by atoms with E-state index in [-0.39, 0.29) is 6.10 Å². The van der Waals surface area contributed by atoms with E-state index in [9.17, 15) is 0 Å². The van der Waals surface area contributed by atoms with Gasteiger partial charge in [0.1, 0.15) is 6.10 Å². The Morgan fingerprint density at radius 3 is 2.90 bits per heavy atom. The summed E-state index contributed by atoms with van der Waals surface area (Å²) in [5.41, 5.74) is 1.00. The van der Waals surface area contributed by atoms with Gasteiger partial charge in [0.2, 0.25) is 5.88 Å². The minimum atomic E-state index is 0.270. The average molecular weight is 382 g/mol. The Labute approximate surface area is 133 Å². The molecule has 1 fully saturated rings. The molecular formula is C16H19IN2O. The largest absolute Gasteiger partial charge is 0.473 e. The number of hydrogen-bond acceptors (Lipinski definition) is 3. The first-order chi connectivity index (χ1) is 9.61. The molecule has 1 aliphatic heterocycles. The second-order valence-corrected chi connectivity index (χ2v) is 6.85. The predicted octanol–water partition coefficient (Wildman–Crippen LogP) is 3.70. The monoisotopic (exact) mass is 382 g/mol. The minimum absolute atomic E-state index is 0.270. The van der Waals surface area contributed by atoms with Crippen LogP contribution in [0.1, 0.15) is 20.3 Å². The summed E-state index contributed by atoms with van der Waals surface area (Å²) >= 11 is 2.32. The Balaban J connectivity index is 1.73. The summed E-state index contributed by atoms with van der Waals surface area (Å²) in [5, 5.41) is 1.17. The summed E-state index contributed by atoms with van der Waals surface area (Å²) in [6, 6.07) is 10.9. The molecule has 0 amide bonds. The molecule has 1 saturated heterocycles. The van der Waals surface area contributed by atoms with Crippen molar-refractivity contribution in [2.45, 2.75) is 32.4 Å². The van der Waals surface area contributed by atoms with Crippen LogP contribution in [-0.2, 0) is 0 Å². The van der Waals surface area contributed by atoms with Gasteiger partial charge in [-0.25, -0.2) is 4.98 Å². The average Bonchev–Trinajstić information content (AvgIpc) is 2.88. The van der Waals surface area contributed by atoms with Gasteiger partial charge >= 0.3 is 0 Å². The van der Waals surface area contributed by atoms with Crippen LogP contribution in [0.25, 0.3) is 10.9 Å². The molecule has 1 aliphatic rings. The van der Waals surface area contributed by atoms with Crippen LogP contribution in [0.2, 0.25) is 0 Å². The number of benzene rings is 1. The molecule has 0 spiro atoms. The maximum Gasteiger partial charge on any atom is 0.214 e. The molecule has 1 atom stereocenters. The highest BCUT2D eigenvalue weighted by Crippen LogP contribution is 2.22. The van der Waals surface area contributed by atoms with Crippen LogP contribution in [-0.4, -0.2) is 35.1 Å². The van der Waals surface area contributed by atoms with Crippen molar-refractivity contribution in [2.75, 3.05) is 13.1 Å². The third-order valence-corrected chi connectivity index (χ3v) is 4.49. The first-order valence-electron chi connectivity index (χ1n) is 7.09. The number of aromatic nitrogens is 1. The summed E-state index contributed by atoms with van der Waals surface area (Å²) in [6.07, 6.45) is 1.36. The fraction of sp³-hybridized carbons (Fsp3) is 0.438. The summed E-state index contributed by atoms with van der Waals surface area (Å²) in [5.74, 6) is 0.745. The Morgan fingerprint density at radius 2 is 2.15 bits per heavy atom. The molecular weight excluding hydrogens is 363 g/mol. The number of nitrogens with zero attached hydrogens (tertiary/aromatic N) is 2. The molecule has 0 bridgehead atoms. The zero-order valence-corrected chi connectivity index (χ0v) is 14.0. The summed E-state index contributed by atoms with van der Waals surface area (Å²) in [6.45, 7) is 6.59. The van der Waals surface area contributed by atoms with Gasteiger partial charge in [0, 0.05) is 34.2 Å². The molecule has 1 aromatic heterocycles. The molecule has 1 aromatic carbocycles. The molecule has 2 aromatic rings. The Kier molecular flexibility index (Phi) is 4.12. The molecule has 3 nitrogen and oxygen atoms in total. The van der Waals surface area contributed by atoms with Crippen LogP contribution in [0.5, 0.6) is 5.88 Å². The maximum absolute atomic E-state index is 6.04. The molecule has 0 aliphatic carbocycles. The second-order valence-electron chi connectivity index (χ2n) is 5.60. The van der Waals surface area contributed by atoms with Gasteiger partial charge in [-0.15, -0.1) is 0 Å². The van der Waals surface area contributed by atoms with Gasteiger partial charge in [-0.1, -0.05) is 0 Å². The van der Waals surface area contributed by atoms with Crippen LogP contribution < -0.4 is 4.74 Å². The lowest BCUT2D eigenvalue weighted by molar-refractivity contribution is 0.182. The highest BCUT2D eigenvalue weighted by atomic mass is 127. The van der Waals surface area contributed by atoms with Crippen molar-refractivity contribution in [3.63, 3.8) is 0 Å². The van der Waals surface area contributed by atoms with E-state index < -0.39 is 0 Å². The number of halogens is 1. The van der Waals surface area contributed by atoms with Gasteiger partial charge in [-0.05, 0) is 67.1 Å². The summed E-state index contributed by atoms with van der Waals surface area (Å²) in [4.78, 5) is 7.06. The van der Waals surface area contributed by atoms with E-state index in [1.807, 2.05) is 6.07 Å². The van der Waals surface area contributed by atoms with Crippen molar-refractivity contribution in [3.05, 3.63) is 33.9 Å². The normalized spacial score (nSPS) is 19.9. The van der Waals surface area contributed by atoms with Crippen molar-refractivity contribution in [1.82, 2.24) is 9.88 Å². The third kappa shape index (κ3) is 3.06. The lowest BCUT2D eigenvalue weighted by Gasteiger charge is -2.20. The maximum atomic E-state index is 6.04. The third-order valence-electron chi connectivity index (χ3n) is 3.82. The molecule has 4 heteroatoms. The standard InChI is InChI=1S/C16H19IN2O/c1-11(2)19-8-7-14(10-19)20-16-6-3-12-9-13(17)4-5-15(12)18-16/h3-6,9,11,14H,7-8,10H2,1-2H3/t14-/m1/s1. The quantitative estimate of drug-likeness (QED) is 0.757.